The molecule has 0 aromatic heterocycles. The van der Waals surface area contributed by atoms with Crippen LogP contribution in [0.2, 0.25) is 0 Å². The molecule has 0 unspecified atom stereocenters. The predicted molar refractivity (Wildman–Crippen MR) is 48.4 cm³/mol. The highest BCUT2D eigenvalue weighted by molar-refractivity contribution is 8.04. The van der Waals surface area contributed by atoms with Gasteiger partial charge in [-0.3, -0.25) is 0 Å². The molecule has 0 aromatic carbocycles. The third-order valence-corrected chi connectivity index (χ3v) is 2.19. The Bertz CT molecular complexity index is 150. The Kier molecular flexibility index (Phi) is 3.68. The fourth-order valence-electron chi connectivity index (χ4n) is 0.435. The lowest BCUT2D eigenvalue weighted by Crippen LogP contribution is -2.33. The first-order chi connectivity index (χ1) is 4.52. The third kappa shape index (κ3) is 3.69. The van der Waals surface area contributed by atoms with Crippen molar-refractivity contribution in [1.29, 1.82) is 5.41 Å². The number of nitrogens with two attached hydrogens (primary N) is 1. The molecule has 0 bridgehead atoms. The predicted octanol–water partition coefficient (Wildman–Crippen LogP) is 1.97. The standard InChI is InChI=1S/C7H14N2S/c1-4-6(2)10-7(3,9)5-8/h4-5,8H,9H2,1-3H3/b6-4+,8-5?/t7-/m1/s1. The number of hydrogen-bond acceptors (Lipinski definition) is 3. The van der Waals surface area contributed by atoms with Crippen molar-refractivity contribution >= 4 is 18.0 Å². The van der Waals surface area contributed by atoms with Crippen LogP contribution in [0.25, 0.3) is 0 Å². The minimum absolute atomic E-state index is 0.545. The lowest BCUT2D eigenvalue weighted by atomic mass is 10.4. The molecule has 0 fully saturated rings. The molecular weight excluding hydrogens is 144 g/mol. The van der Waals surface area contributed by atoms with Crippen molar-refractivity contribution in [3.8, 4) is 0 Å². The van der Waals surface area contributed by atoms with Crippen molar-refractivity contribution in [3.05, 3.63) is 11.0 Å². The zero-order valence-electron chi connectivity index (χ0n) is 6.64. The van der Waals surface area contributed by atoms with Gasteiger partial charge in [0.05, 0.1) is 4.87 Å². The normalized spacial score (nSPS) is 18.2. The Hall–Kier alpha value is -0.280. The van der Waals surface area contributed by atoms with E-state index in [2.05, 4.69) is 0 Å². The van der Waals surface area contributed by atoms with E-state index in [-0.39, 0.29) is 0 Å². The highest BCUT2D eigenvalue weighted by atomic mass is 32.2. The summed E-state index contributed by atoms with van der Waals surface area (Å²) in [5.74, 6) is 0. The van der Waals surface area contributed by atoms with Gasteiger partial charge in [0.25, 0.3) is 0 Å². The maximum Gasteiger partial charge on any atom is 0.0986 e. The Morgan fingerprint density at radius 1 is 1.70 bits per heavy atom. The van der Waals surface area contributed by atoms with Crippen LogP contribution in [0.1, 0.15) is 20.8 Å². The van der Waals surface area contributed by atoms with E-state index in [1.54, 1.807) is 0 Å². The molecule has 0 saturated carbocycles. The Labute approximate surface area is 66.4 Å². The SMILES string of the molecule is C/C=C(\C)S[C@@](C)(N)C=N. The van der Waals surface area contributed by atoms with Crippen LogP contribution >= 0.6 is 11.8 Å². The first-order valence-electron chi connectivity index (χ1n) is 3.14. The smallest absolute Gasteiger partial charge is 0.0986 e. The summed E-state index contributed by atoms with van der Waals surface area (Å²) < 4.78 is 0. The van der Waals surface area contributed by atoms with Crippen LogP contribution in [-0.2, 0) is 0 Å². The average molecular weight is 158 g/mol. The number of rotatable bonds is 3. The van der Waals surface area contributed by atoms with Crippen LogP contribution in [0.15, 0.2) is 11.0 Å². The molecule has 1 atom stereocenters. The Balaban J connectivity index is 4.01. The van der Waals surface area contributed by atoms with Crippen LogP contribution in [0.3, 0.4) is 0 Å². The molecule has 0 spiro atoms. The van der Waals surface area contributed by atoms with Crippen molar-refractivity contribution in [2.45, 2.75) is 25.6 Å². The molecule has 10 heavy (non-hydrogen) atoms. The van der Waals surface area contributed by atoms with E-state index in [9.17, 15) is 0 Å². The molecule has 0 amide bonds. The molecule has 0 heterocycles. The van der Waals surface area contributed by atoms with Crippen LogP contribution in [0.5, 0.6) is 0 Å². The monoisotopic (exact) mass is 158 g/mol. The molecule has 0 rings (SSSR count). The molecule has 3 heteroatoms. The number of hydrogen-bond donors (Lipinski definition) is 2. The lowest BCUT2D eigenvalue weighted by Gasteiger charge is -2.17. The number of nitrogens with one attached hydrogen (secondary N) is 1. The van der Waals surface area contributed by atoms with Gasteiger partial charge < -0.3 is 11.1 Å². The molecule has 0 radical (unpaired) electrons. The van der Waals surface area contributed by atoms with Crippen molar-refractivity contribution in [2.24, 2.45) is 5.73 Å². The van der Waals surface area contributed by atoms with Crippen LogP contribution < -0.4 is 5.73 Å². The summed E-state index contributed by atoms with van der Waals surface area (Å²) in [6.07, 6.45) is 3.24. The highest BCUT2D eigenvalue weighted by Gasteiger charge is 2.14. The summed E-state index contributed by atoms with van der Waals surface area (Å²) in [6, 6.07) is 0. The summed E-state index contributed by atoms with van der Waals surface area (Å²) in [7, 11) is 0. The molecule has 58 valence electrons. The first-order valence-corrected chi connectivity index (χ1v) is 3.96. The summed E-state index contributed by atoms with van der Waals surface area (Å²) >= 11 is 1.50. The van der Waals surface area contributed by atoms with Gasteiger partial charge in [-0.15, -0.1) is 11.8 Å². The zero-order valence-corrected chi connectivity index (χ0v) is 7.46. The molecule has 0 aliphatic carbocycles. The van der Waals surface area contributed by atoms with Gasteiger partial charge >= 0.3 is 0 Å². The Morgan fingerprint density at radius 3 is 2.50 bits per heavy atom. The quantitative estimate of drug-likeness (QED) is 0.487. The fourth-order valence-corrected chi connectivity index (χ4v) is 1.31. The van der Waals surface area contributed by atoms with E-state index in [1.807, 2.05) is 26.8 Å². The van der Waals surface area contributed by atoms with Crippen molar-refractivity contribution in [3.63, 3.8) is 0 Å². The van der Waals surface area contributed by atoms with Gasteiger partial charge in [0.15, 0.2) is 0 Å². The molecule has 2 nitrogen and oxygen atoms in total. The molecular formula is C7H14N2S. The van der Waals surface area contributed by atoms with Gasteiger partial charge in [-0.25, -0.2) is 0 Å². The van der Waals surface area contributed by atoms with Crippen LogP contribution in [0.4, 0.5) is 0 Å². The zero-order chi connectivity index (χ0) is 8.20. The number of allylic oxidation sites excluding steroid dienone is 2. The highest BCUT2D eigenvalue weighted by Crippen LogP contribution is 2.24. The largest absolute Gasteiger partial charge is 0.312 e. The first kappa shape index (κ1) is 9.72. The Morgan fingerprint density at radius 2 is 2.20 bits per heavy atom. The van der Waals surface area contributed by atoms with Gasteiger partial charge in [0.1, 0.15) is 0 Å². The van der Waals surface area contributed by atoms with E-state index >= 15 is 0 Å². The maximum atomic E-state index is 6.98. The van der Waals surface area contributed by atoms with Gasteiger partial charge in [-0.05, 0) is 25.7 Å². The lowest BCUT2D eigenvalue weighted by molar-refractivity contribution is 0.913. The molecule has 0 saturated heterocycles. The van der Waals surface area contributed by atoms with Crippen LogP contribution in [-0.4, -0.2) is 11.1 Å². The number of thioether (sulfide) groups is 1. The van der Waals surface area contributed by atoms with E-state index in [0.29, 0.717) is 0 Å². The molecule has 3 N–H and O–H groups in total. The van der Waals surface area contributed by atoms with E-state index < -0.39 is 4.87 Å². The maximum absolute atomic E-state index is 6.98. The second-order valence-corrected chi connectivity index (χ2v) is 4.06. The van der Waals surface area contributed by atoms with E-state index in [1.165, 1.54) is 18.0 Å². The molecule has 0 aromatic rings. The van der Waals surface area contributed by atoms with Crippen molar-refractivity contribution in [1.82, 2.24) is 0 Å². The summed E-state index contributed by atoms with van der Waals surface area (Å²) in [6.45, 7) is 5.76. The van der Waals surface area contributed by atoms with E-state index in [0.717, 1.165) is 4.91 Å². The molecule has 0 aliphatic heterocycles. The minimum Gasteiger partial charge on any atom is -0.312 e. The molecule has 0 aliphatic rings. The minimum atomic E-state index is -0.545. The van der Waals surface area contributed by atoms with Crippen molar-refractivity contribution in [2.75, 3.05) is 0 Å². The van der Waals surface area contributed by atoms with Gasteiger partial charge in [-0.2, -0.15) is 0 Å². The summed E-state index contributed by atoms with van der Waals surface area (Å²) in [5.41, 5.74) is 5.67. The van der Waals surface area contributed by atoms with Crippen molar-refractivity contribution < 1.29 is 0 Å². The summed E-state index contributed by atoms with van der Waals surface area (Å²) in [4.78, 5) is 0.602. The average Bonchev–Trinajstić information content (AvgIpc) is 1.87. The van der Waals surface area contributed by atoms with Crippen LogP contribution in [0, 0.1) is 5.41 Å². The van der Waals surface area contributed by atoms with Gasteiger partial charge in [-0.1, -0.05) is 6.08 Å². The second kappa shape index (κ2) is 3.78. The topological polar surface area (TPSA) is 49.9 Å². The third-order valence-electron chi connectivity index (χ3n) is 1.07. The summed E-state index contributed by atoms with van der Waals surface area (Å²) in [5, 5.41) is 6.98. The second-order valence-electron chi connectivity index (χ2n) is 2.33. The van der Waals surface area contributed by atoms with E-state index in [4.69, 9.17) is 11.1 Å². The van der Waals surface area contributed by atoms with Gasteiger partial charge in [0, 0.05) is 6.21 Å². The fraction of sp³-hybridized carbons (Fsp3) is 0.571. The van der Waals surface area contributed by atoms with Gasteiger partial charge in [0.2, 0.25) is 0 Å².